The Morgan fingerprint density at radius 2 is 2.28 bits per heavy atom. The number of carbonyl (C=O) groups excluding carboxylic acids is 1. The highest BCUT2D eigenvalue weighted by molar-refractivity contribution is 7.13. The summed E-state index contributed by atoms with van der Waals surface area (Å²) in [5.41, 5.74) is 2.77. The van der Waals surface area contributed by atoms with Crippen LogP contribution in [0.3, 0.4) is 0 Å². The van der Waals surface area contributed by atoms with E-state index in [1.807, 2.05) is 47.2 Å². The largest absolute Gasteiger partial charge is 0.348 e. The van der Waals surface area contributed by atoms with E-state index in [1.165, 1.54) is 11.3 Å². The van der Waals surface area contributed by atoms with Crippen LogP contribution >= 0.6 is 11.3 Å². The Balaban J connectivity index is 1.40. The Labute approximate surface area is 147 Å². The third-order valence-electron chi connectivity index (χ3n) is 3.79. The van der Waals surface area contributed by atoms with Gasteiger partial charge in [-0.25, -0.2) is 4.98 Å². The number of hydrogen-bond donors (Lipinski definition) is 1. The molecule has 8 heteroatoms. The number of imidazole rings is 1. The second-order valence-electron chi connectivity index (χ2n) is 5.58. The summed E-state index contributed by atoms with van der Waals surface area (Å²) in [6.07, 6.45) is 3.87. The number of hydrogen-bond acceptors (Lipinski definition) is 6. The molecule has 0 unspecified atom stereocenters. The molecule has 0 fully saturated rings. The molecule has 126 valence electrons. The zero-order chi connectivity index (χ0) is 17.2. The van der Waals surface area contributed by atoms with Crippen molar-refractivity contribution in [3.8, 4) is 10.8 Å². The van der Waals surface area contributed by atoms with Crippen LogP contribution in [-0.4, -0.2) is 25.4 Å². The summed E-state index contributed by atoms with van der Waals surface area (Å²) in [5.74, 6) is 0.799. The lowest BCUT2D eigenvalue weighted by molar-refractivity contribution is -0.120. The molecule has 0 spiro atoms. The molecule has 25 heavy (non-hydrogen) atoms. The number of aromatic nitrogens is 4. The van der Waals surface area contributed by atoms with Gasteiger partial charge in [-0.05, 0) is 30.0 Å². The predicted octanol–water partition coefficient (Wildman–Crippen LogP) is 2.61. The number of nitrogens with zero attached hydrogens (tertiary/aromatic N) is 4. The molecular weight excluding hydrogens is 338 g/mol. The van der Waals surface area contributed by atoms with Crippen LogP contribution in [0.25, 0.3) is 16.4 Å². The van der Waals surface area contributed by atoms with Crippen LogP contribution in [0.5, 0.6) is 0 Å². The zero-order valence-corrected chi connectivity index (χ0v) is 14.3. The van der Waals surface area contributed by atoms with Gasteiger partial charge in [0.25, 0.3) is 5.89 Å². The first-order valence-corrected chi connectivity index (χ1v) is 8.63. The molecule has 4 heterocycles. The summed E-state index contributed by atoms with van der Waals surface area (Å²) >= 11 is 1.53. The van der Waals surface area contributed by atoms with Gasteiger partial charge in [0.1, 0.15) is 5.65 Å². The third-order valence-corrected chi connectivity index (χ3v) is 4.65. The summed E-state index contributed by atoms with van der Waals surface area (Å²) in [6.45, 7) is 2.22. The Morgan fingerprint density at radius 1 is 1.36 bits per heavy atom. The molecule has 0 atom stereocenters. The lowest BCUT2D eigenvalue weighted by Gasteiger charge is -2.03. The van der Waals surface area contributed by atoms with Gasteiger partial charge in [-0.15, -0.1) is 11.3 Å². The van der Waals surface area contributed by atoms with E-state index < -0.39 is 0 Å². The SMILES string of the molecule is Cc1cccn2c(CC(=O)NCc3noc(-c4cccs4)n3)cnc12. The van der Waals surface area contributed by atoms with Crippen molar-refractivity contribution in [2.45, 2.75) is 19.9 Å². The molecule has 0 aliphatic rings. The summed E-state index contributed by atoms with van der Waals surface area (Å²) < 4.78 is 7.13. The maximum Gasteiger partial charge on any atom is 0.268 e. The highest BCUT2D eigenvalue weighted by atomic mass is 32.1. The van der Waals surface area contributed by atoms with E-state index in [0.29, 0.717) is 11.7 Å². The van der Waals surface area contributed by atoms with Crippen LogP contribution in [0.15, 0.2) is 46.6 Å². The molecule has 4 rings (SSSR count). The highest BCUT2D eigenvalue weighted by Gasteiger charge is 2.12. The zero-order valence-electron chi connectivity index (χ0n) is 13.5. The van der Waals surface area contributed by atoms with Crippen molar-refractivity contribution in [2.24, 2.45) is 0 Å². The molecule has 0 radical (unpaired) electrons. The van der Waals surface area contributed by atoms with Crippen LogP contribution in [0, 0.1) is 6.92 Å². The number of carbonyl (C=O) groups is 1. The van der Waals surface area contributed by atoms with Crippen molar-refractivity contribution in [3.05, 3.63) is 59.1 Å². The van der Waals surface area contributed by atoms with Gasteiger partial charge in [0.05, 0.1) is 23.5 Å². The van der Waals surface area contributed by atoms with Crippen molar-refractivity contribution in [1.29, 1.82) is 0 Å². The number of aryl methyl sites for hydroxylation is 1. The number of rotatable bonds is 5. The standard InChI is InChI=1S/C17H15N5O2S/c1-11-4-2-6-22-12(9-19-16(11)22)8-15(23)18-10-14-20-17(24-21-14)13-5-3-7-25-13/h2-7,9H,8,10H2,1H3,(H,18,23). The number of amides is 1. The number of fused-ring (bicyclic) bond motifs is 1. The van der Waals surface area contributed by atoms with Gasteiger partial charge >= 0.3 is 0 Å². The fraction of sp³-hybridized carbons (Fsp3) is 0.176. The predicted molar refractivity (Wildman–Crippen MR) is 93.1 cm³/mol. The van der Waals surface area contributed by atoms with E-state index in [4.69, 9.17) is 4.52 Å². The molecule has 0 aromatic carbocycles. The molecule has 1 N–H and O–H groups in total. The molecular formula is C17H15N5O2S. The van der Waals surface area contributed by atoms with Crippen LogP contribution in [0.4, 0.5) is 0 Å². The van der Waals surface area contributed by atoms with Gasteiger partial charge in [-0.2, -0.15) is 4.98 Å². The average Bonchev–Trinajstić information content (AvgIpc) is 3.34. The fourth-order valence-electron chi connectivity index (χ4n) is 2.56. The molecule has 4 aromatic rings. The Hall–Kier alpha value is -3.00. The van der Waals surface area contributed by atoms with Gasteiger partial charge in [-0.3, -0.25) is 4.79 Å². The van der Waals surface area contributed by atoms with Gasteiger partial charge < -0.3 is 14.2 Å². The number of thiophene rings is 1. The summed E-state index contributed by atoms with van der Waals surface area (Å²) in [5, 5.41) is 8.65. The van der Waals surface area contributed by atoms with Crippen LogP contribution in [0.1, 0.15) is 17.1 Å². The minimum atomic E-state index is -0.120. The van der Waals surface area contributed by atoms with Crippen molar-refractivity contribution >= 4 is 22.9 Å². The quantitative estimate of drug-likeness (QED) is 0.596. The monoisotopic (exact) mass is 353 g/mol. The van der Waals surface area contributed by atoms with Crippen molar-refractivity contribution in [1.82, 2.24) is 24.8 Å². The van der Waals surface area contributed by atoms with Crippen molar-refractivity contribution in [2.75, 3.05) is 0 Å². The maximum atomic E-state index is 12.2. The molecule has 0 bridgehead atoms. The highest BCUT2D eigenvalue weighted by Crippen LogP contribution is 2.22. The van der Waals surface area contributed by atoms with E-state index in [1.54, 1.807) is 6.20 Å². The molecule has 0 aliphatic carbocycles. The lowest BCUT2D eigenvalue weighted by Crippen LogP contribution is -2.25. The Morgan fingerprint density at radius 3 is 3.12 bits per heavy atom. The summed E-state index contributed by atoms with van der Waals surface area (Å²) in [7, 11) is 0. The molecule has 7 nitrogen and oxygen atoms in total. The second kappa shape index (κ2) is 6.48. The summed E-state index contributed by atoms with van der Waals surface area (Å²) in [4.78, 5) is 21.8. The van der Waals surface area contributed by atoms with Gasteiger partial charge in [0, 0.05) is 12.4 Å². The maximum absolute atomic E-state index is 12.2. The molecule has 0 saturated carbocycles. The van der Waals surface area contributed by atoms with E-state index in [9.17, 15) is 4.79 Å². The minimum Gasteiger partial charge on any atom is -0.348 e. The van der Waals surface area contributed by atoms with Crippen molar-refractivity contribution in [3.63, 3.8) is 0 Å². The third kappa shape index (κ3) is 3.16. The second-order valence-corrected chi connectivity index (χ2v) is 6.53. The van der Waals surface area contributed by atoms with E-state index in [-0.39, 0.29) is 18.9 Å². The van der Waals surface area contributed by atoms with Crippen molar-refractivity contribution < 1.29 is 9.32 Å². The first-order chi connectivity index (χ1) is 12.2. The Kier molecular flexibility index (Phi) is 4.02. The van der Waals surface area contributed by atoms with E-state index >= 15 is 0 Å². The first kappa shape index (κ1) is 15.5. The number of pyridine rings is 1. The summed E-state index contributed by atoms with van der Waals surface area (Å²) in [6, 6.07) is 7.76. The van der Waals surface area contributed by atoms with Gasteiger partial charge in [0.15, 0.2) is 5.82 Å². The molecule has 0 aliphatic heterocycles. The average molecular weight is 353 g/mol. The van der Waals surface area contributed by atoms with Crippen LogP contribution in [-0.2, 0) is 17.8 Å². The molecule has 4 aromatic heterocycles. The number of nitrogens with one attached hydrogen (secondary N) is 1. The lowest BCUT2D eigenvalue weighted by atomic mass is 10.3. The smallest absolute Gasteiger partial charge is 0.268 e. The first-order valence-electron chi connectivity index (χ1n) is 7.75. The topological polar surface area (TPSA) is 85.3 Å². The fourth-order valence-corrected chi connectivity index (χ4v) is 3.21. The Bertz CT molecular complexity index is 1020. The van der Waals surface area contributed by atoms with Crippen LogP contribution in [0.2, 0.25) is 0 Å². The van der Waals surface area contributed by atoms with Crippen LogP contribution < -0.4 is 5.32 Å². The van der Waals surface area contributed by atoms with E-state index in [0.717, 1.165) is 21.8 Å². The molecule has 0 saturated heterocycles. The van der Waals surface area contributed by atoms with E-state index in [2.05, 4.69) is 20.4 Å². The minimum absolute atomic E-state index is 0.120. The van der Waals surface area contributed by atoms with Gasteiger partial charge in [-0.1, -0.05) is 17.3 Å². The van der Waals surface area contributed by atoms with Gasteiger partial charge in [0.2, 0.25) is 5.91 Å². The normalized spacial score (nSPS) is 11.1. The molecule has 1 amide bonds.